The van der Waals surface area contributed by atoms with Gasteiger partial charge in [-0.15, -0.1) is 0 Å². The minimum Gasteiger partial charge on any atom is -0.508 e. The molecule has 2 aromatic rings. The summed E-state index contributed by atoms with van der Waals surface area (Å²) >= 11 is 0. The summed E-state index contributed by atoms with van der Waals surface area (Å²) in [6.07, 6.45) is 0. The number of phenols is 1. The molecule has 0 aliphatic rings. The predicted octanol–water partition coefficient (Wildman–Crippen LogP) is 3.98. The van der Waals surface area contributed by atoms with Crippen LogP contribution in [0.25, 0.3) is 11.1 Å². The van der Waals surface area contributed by atoms with Crippen LogP contribution >= 0.6 is 0 Å². The van der Waals surface area contributed by atoms with E-state index in [0.29, 0.717) is 5.75 Å². The molecule has 2 aromatic carbocycles. The molecule has 0 aliphatic heterocycles. The minimum absolute atomic E-state index is 0.327. The molecule has 0 unspecified atom stereocenters. The molecule has 1 nitrogen and oxygen atoms in total. The van der Waals surface area contributed by atoms with Gasteiger partial charge < -0.3 is 5.11 Å². The van der Waals surface area contributed by atoms with Gasteiger partial charge >= 0.3 is 0 Å². The average molecular weight is 212 g/mol. The predicted molar refractivity (Wildman–Crippen MR) is 67.8 cm³/mol. The fourth-order valence-corrected chi connectivity index (χ4v) is 1.85. The van der Waals surface area contributed by atoms with Gasteiger partial charge in [-0.1, -0.05) is 24.3 Å². The maximum absolute atomic E-state index is 9.58. The minimum atomic E-state index is 0.327. The average Bonchev–Trinajstić information content (AvgIpc) is 2.20. The van der Waals surface area contributed by atoms with Gasteiger partial charge in [0.15, 0.2) is 0 Å². The first-order valence-electron chi connectivity index (χ1n) is 5.44. The summed E-state index contributed by atoms with van der Waals surface area (Å²) in [5.41, 5.74) is 5.87. The summed E-state index contributed by atoms with van der Waals surface area (Å²) in [5, 5.41) is 9.58. The molecular formula is C15H16O. The molecule has 0 aliphatic carbocycles. The highest BCUT2D eigenvalue weighted by Crippen LogP contribution is 2.26. The second-order valence-corrected chi connectivity index (χ2v) is 4.36. The van der Waals surface area contributed by atoms with Crippen LogP contribution < -0.4 is 0 Å². The number of rotatable bonds is 1. The van der Waals surface area contributed by atoms with Crippen LogP contribution in [-0.2, 0) is 0 Å². The lowest BCUT2D eigenvalue weighted by Gasteiger charge is -2.07. The van der Waals surface area contributed by atoms with E-state index in [0.717, 1.165) is 16.7 Å². The third kappa shape index (κ3) is 2.08. The molecule has 0 saturated carbocycles. The molecular weight excluding hydrogens is 196 g/mol. The van der Waals surface area contributed by atoms with Crippen LogP contribution in [0.4, 0.5) is 0 Å². The summed E-state index contributed by atoms with van der Waals surface area (Å²) in [7, 11) is 0. The van der Waals surface area contributed by atoms with Crippen LogP contribution in [0, 0.1) is 20.8 Å². The molecule has 1 heteroatoms. The Hall–Kier alpha value is -1.76. The maximum atomic E-state index is 9.58. The van der Waals surface area contributed by atoms with E-state index >= 15 is 0 Å². The highest BCUT2D eigenvalue weighted by Gasteiger charge is 2.02. The molecule has 82 valence electrons. The molecule has 0 atom stereocenters. The molecule has 16 heavy (non-hydrogen) atoms. The van der Waals surface area contributed by atoms with E-state index in [9.17, 15) is 5.11 Å². The highest BCUT2D eigenvalue weighted by atomic mass is 16.3. The fourth-order valence-electron chi connectivity index (χ4n) is 1.85. The van der Waals surface area contributed by atoms with E-state index in [1.807, 2.05) is 6.92 Å². The molecule has 2 rings (SSSR count). The fraction of sp³-hybridized carbons (Fsp3) is 0.200. The largest absolute Gasteiger partial charge is 0.508 e. The van der Waals surface area contributed by atoms with Crippen molar-refractivity contribution in [3.05, 3.63) is 53.1 Å². The molecule has 1 N–H and O–H groups in total. The van der Waals surface area contributed by atoms with Gasteiger partial charge in [0.2, 0.25) is 0 Å². The topological polar surface area (TPSA) is 20.2 Å². The zero-order valence-corrected chi connectivity index (χ0v) is 9.91. The summed E-state index contributed by atoms with van der Waals surface area (Å²) in [5.74, 6) is 0.327. The van der Waals surface area contributed by atoms with E-state index in [1.54, 1.807) is 12.1 Å². The van der Waals surface area contributed by atoms with Crippen molar-refractivity contribution in [2.45, 2.75) is 20.8 Å². The number of aryl methyl sites for hydroxylation is 3. The summed E-state index contributed by atoms with van der Waals surface area (Å²) in [6.45, 7) is 6.20. The van der Waals surface area contributed by atoms with Crippen LogP contribution in [0.2, 0.25) is 0 Å². The molecule has 0 spiro atoms. The zero-order valence-electron chi connectivity index (χ0n) is 9.91. The SMILES string of the molecule is Cc1cc(O)cc(-c2ccc(C)c(C)c2)c1. The third-order valence-electron chi connectivity index (χ3n) is 2.90. The molecule has 0 heterocycles. The summed E-state index contributed by atoms with van der Waals surface area (Å²) in [6, 6.07) is 12.0. The Morgan fingerprint density at radius 3 is 2.12 bits per heavy atom. The van der Waals surface area contributed by atoms with E-state index < -0.39 is 0 Å². The normalized spacial score (nSPS) is 10.4. The Morgan fingerprint density at radius 2 is 1.50 bits per heavy atom. The third-order valence-corrected chi connectivity index (χ3v) is 2.90. The number of hydrogen-bond acceptors (Lipinski definition) is 1. The van der Waals surface area contributed by atoms with Crippen molar-refractivity contribution in [2.75, 3.05) is 0 Å². The van der Waals surface area contributed by atoms with Crippen LogP contribution in [0.1, 0.15) is 16.7 Å². The van der Waals surface area contributed by atoms with E-state index in [1.165, 1.54) is 11.1 Å². The first-order valence-corrected chi connectivity index (χ1v) is 5.44. The van der Waals surface area contributed by atoms with Crippen molar-refractivity contribution in [1.29, 1.82) is 0 Å². The van der Waals surface area contributed by atoms with Gasteiger partial charge in [-0.25, -0.2) is 0 Å². The van der Waals surface area contributed by atoms with Gasteiger partial charge in [0.05, 0.1) is 0 Å². The lowest BCUT2D eigenvalue weighted by Crippen LogP contribution is -1.84. The molecule has 0 amide bonds. The van der Waals surface area contributed by atoms with Gasteiger partial charge in [-0.2, -0.15) is 0 Å². The van der Waals surface area contributed by atoms with Crippen molar-refractivity contribution in [2.24, 2.45) is 0 Å². The van der Waals surface area contributed by atoms with Crippen molar-refractivity contribution in [3.8, 4) is 16.9 Å². The van der Waals surface area contributed by atoms with Crippen LogP contribution in [0.5, 0.6) is 5.75 Å². The summed E-state index contributed by atoms with van der Waals surface area (Å²) in [4.78, 5) is 0. The van der Waals surface area contributed by atoms with E-state index in [2.05, 4.69) is 38.1 Å². The van der Waals surface area contributed by atoms with E-state index in [-0.39, 0.29) is 0 Å². The standard InChI is InChI=1S/C15H16O/c1-10-6-14(9-15(16)7-10)13-5-4-11(2)12(3)8-13/h4-9,16H,1-3H3. The van der Waals surface area contributed by atoms with Gasteiger partial charge in [-0.3, -0.25) is 0 Å². The summed E-state index contributed by atoms with van der Waals surface area (Å²) < 4.78 is 0. The Labute approximate surface area is 96.4 Å². The first-order chi connectivity index (χ1) is 7.56. The van der Waals surface area contributed by atoms with Crippen LogP contribution in [0.15, 0.2) is 36.4 Å². The molecule has 0 saturated heterocycles. The molecule has 0 aromatic heterocycles. The quantitative estimate of drug-likeness (QED) is 0.758. The second-order valence-electron chi connectivity index (χ2n) is 4.36. The Morgan fingerprint density at radius 1 is 0.750 bits per heavy atom. The van der Waals surface area contributed by atoms with Crippen molar-refractivity contribution in [1.82, 2.24) is 0 Å². The number of phenolic OH excluding ortho intramolecular Hbond substituents is 1. The Balaban J connectivity index is 2.54. The molecule has 0 bridgehead atoms. The van der Waals surface area contributed by atoms with Crippen LogP contribution in [0.3, 0.4) is 0 Å². The first kappa shape index (κ1) is 10.7. The molecule has 0 fully saturated rings. The highest BCUT2D eigenvalue weighted by molar-refractivity contribution is 5.67. The van der Waals surface area contributed by atoms with Crippen molar-refractivity contribution in [3.63, 3.8) is 0 Å². The maximum Gasteiger partial charge on any atom is 0.116 e. The second kappa shape index (κ2) is 4.01. The number of aromatic hydroxyl groups is 1. The van der Waals surface area contributed by atoms with Gasteiger partial charge in [0.1, 0.15) is 5.75 Å². The number of hydrogen-bond donors (Lipinski definition) is 1. The monoisotopic (exact) mass is 212 g/mol. The lowest BCUT2D eigenvalue weighted by molar-refractivity contribution is 0.475. The number of benzene rings is 2. The van der Waals surface area contributed by atoms with Gasteiger partial charge in [0, 0.05) is 0 Å². The van der Waals surface area contributed by atoms with Crippen LogP contribution in [-0.4, -0.2) is 5.11 Å². The van der Waals surface area contributed by atoms with Crippen molar-refractivity contribution >= 4 is 0 Å². The van der Waals surface area contributed by atoms with Crippen molar-refractivity contribution < 1.29 is 5.11 Å². The Kier molecular flexibility index (Phi) is 2.69. The zero-order chi connectivity index (χ0) is 11.7. The van der Waals surface area contributed by atoms with E-state index in [4.69, 9.17) is 0 Å². The lowest BCUT2D eigenvalue weighted by atomic mass is 9.99. The van der Waals surface area contributed by atoms with Gasteiger partial charge in [0.25, 0.3) is 0 Å². The molecule has 0 radical (unpaired) electrons. The van der Waals surface area contributed by atoms with Gasteiger partial charge in [-0.05, 0) is 60.7 Å². The Bertz CT molecular complexity index is 507. The smallest absolute Gasteiger partial charge is 0.116 e.